The van der Waals surface area contributed by atoms with Crippen molar-refractivity contribution in [1.29, 1.82) is 0 Å². The van der Waals surface area contributed by atoms with Crippen LogP contribution in [-0.4, -0.2) is 17.1 Å². The maximum absolute atomic E-state index is 12.2. The molecular formula is C15H12N2OS3. The lowest BCUT2D eigenvalue weighted by Gasteiger charge is -2.04. The summed E-state index contributed by atoms with van der Waals surface area (Å²) >= 11 is 4.75. The summed E-state index contributed by atoms with van der Waals surface area (Å²) in [6.45, 7) is 0. The van der Waals surface area contributed by atoms with Crippen molar-refractivity contribution in [3.05, 3.63) is 52.2 Å². The van der Waals surface area contributed by atoms with E-state index in [0.29, 0.717) is 5.69 Å². The monoisotopic (exact) mass is 332 g/mol. The minimum atomic E-state index is -0.175. The standard InChI is InChI=1S/C15H12N2OS3/c1-19-12-4-2-3-11(7-12)16-14(18)13-9-21-15(17-13)10-5-6-20-8-10/h2-9H,1H3,(H,16,18). The van der Waals surface area contributed by atoms with Crippen LogP contribution in [-0.2, 0) is 0 Å². The molecule has 1 N–H and O–H groups in total. The van der Waals surface area contributed by atoms with Gasteiger partial charge in [-0.15, -0.1) is 23.1 Å². The van der Waals surface area contributed by atoms with Gasteiger partial charge in [0.25, 0.3) is 5.91 Å². The van der Waals surface area contributed by atoms with Crippen LogP contribution >= 0.6 is 34.4 Å². The fourth-order valence-electron chi connectivity index (χ4n) is 1.79. The molecule has 3 aromatic rings. The van der Waals surface area contributed by atoms with E-state index in [9.17, 15) is 4.79 Å². The molecule has 6 heteroatoms. The van der Waals surface area contributed by atoms with Crippen LogP contribution in [0.1, 0.15) is 10.5 Å². The van der Waals surface area contributed by atoms with E-state index in [1.165, 1.54) is 11.3 Å². The third-order valence-corrected chi connectivity index (χ3v) is 5.13. The van der Waals surface area contributed by atoms with E-state index >= 15 is 0 Å². The fraction of sp³-hybridized carbons (Fsp3) is 0.0667. The number of hydrogen-bond acceptors (Lipinski definition) is 5. The van der Waals surface area contributed by atoms with Gasteiger partial charge in [-0.25, -0.2) is 4.98 Å². The van der Waals surface area contributed by atoms with Gasteiger partial charge < -0.3 is 5.32 Å². The number of anilines is 1. The van der Waals surface area contributed by atoms with Gasteiger partial charge in [-0.1, -0.05) is 6.07 Å². The Hall–Kier alpha value is -1.63. The number of amides is 1. The average Bonchev–Trinajstić information content (AvgIpc) is 3.18. The number of thiophene rings is 1. The first-order valence-electron chi connectivity index (χ1n) is 6.20. The highest BCUT2D eigenvalue weighted by Crippen LogP contribution is 2.26. The third kappa shape index (κ3) is 3.34. The average molecular weight is 332 g/mol. The molecule has 0 atom stereocenters. The Labute approximate surface area is 135 Å². The van der Waals surface area contributed by atoms with Crippen LogP contribution in [0.5, 0.6) is 0 Å². The predicted octanol–water partition coefficient (Wildman–Crippen LogP) is 4.85. The van der Waals surface area contributed by atoms with Crippen molar-refractivity contribution < 1.29 is 4.79 Å². The summed E-state index contributed by atoms with van der Waals surface area (Å²) in [4.78, 5) is 17.7. The Balaban J connectivity index is 1.76. The van der Waals surface area contributed by atoms with Crippen LogP contribution in [0, 0.1) is 0 Å². The van der Waals surface area contributed by atoms with Crippen molar-refractivity contribution >= 4 is 46.0 Å². The zero-order valence-corrected chi connectivity index (χ0v) is 13.6. The summed E-state index contributed by atoms with van der Waals surface area (Å²) in [5.74, 6) is -0.175. The summed E-state index contributed by atoms with van der Waals surface area (Å²) in [5.41, 5.74) is 2.31. The smallest absolute Gasteiger partial charge is 0.275 e. The lowest BCUT2D eigenvalue weighted by Crippen LogP contribution is -2.12. The molecule has 3 nitrogen and oxygen atoms in total. The van der Waals surface area contributed by atoms with Crippen LogP contribution in [0.15, 0.2) is 51.4 Å². The second-order valence-corrected chi connectivity index (χ2v) is 6.75. The topological polar surface area (TPSA) is 42.0 Å². The Bertz CT molecular complexity index is 750. The van der Waals surface area contributed by atoms with Gasteiger partial charge in [-0.05, 0) is 35.9 Å². The molecule has 0 spiro atoms. The van der Waals surface area contributed by atoms with Crippen LogP contribution in [0.3, 0.4) is 0 Å². The maximum Gasteiger partial charge on any atom is 0.275 e. The number of hydrogen-bond donors (Lipinski definition) is 1. The van der Waals surface area contributed by atoms with Crippen LogP contribution in [0.4, 0.5) is 5.69 Å². The second kappa shape index (κ2) is 6.43. The molecule has 0 aliphatic rings. The highest BCUT2D eigenvalue weighted by molar-refractivity contribution is 7.98. The SMILES string of the molecule is CSc1cccc(NC(=O)c2csc(-c3ccsc3)n2)c1. The normalized spacial score (nSPS) is 10.5. The lowest BCUT2D eigenvalue weighted by atomic mass is 10.3. The van der Waals surface area contributed by atoms with E-state index in [0.717, 1.165) is 21.2 Å². The first kappa shape index (κ1) is 14.3. The van der Waals surface area contributed by atoms with E-state index < -0.39 is 0 Å². The number of rotatable bonds is 4. The minimum absolute atomic E-state index is 0.175. The summed E-state index contributed by atoms with van der Waals surface area (Å²) < 4.78 is 0. The van der Waals surface area contributed by atoms with E-state index in [2.05, 4.69) is 10.3 Å². The van der Waals surface area contributed by atoms with Gasteiger partial charge in [0.15, 0.2) is 0 Å². The van der Waals surface area contributed by atoms with Gasteiger partial charge in [0.05, 0.1) is 0 Å². The Morgan fingerprint density at radius 1 is 1.29 bits per heavy atom. The number of nitrogens with zero attached hydrogens (tertiary/aromatic N) is 1. The van der Waals surface area contributed by atoms with Gasteiger partial charge in [-0.2, -0.15) is 11.3 Å². The molecule has 2 heterocycles. The van der Waals surface area contributed by atoms with Crippen LogP contribution in [0.25, 0.3) is 10.6 Å². The Morgan fingerprint density at radius 3 is 2.95 bits per heavy atom. The molecule has 1 amide bonds. The predicted molar refractivity (Wildman–Crippen MR) is 91.6 cm³/mol. The summed E-state index contributed by atoms with van der Waals surface area (Å²) in [6, 6.07) is 9.78. The fourth-order valence-corrected chi connectivity index (χ4v) is 3.76. The summed E-state index contributed by atoms with van der Waals surface area (Å²) in [6.07, 6.45) is 2.01. The van der Waals surface area contributed by atoms with Gasteiger partial charge in [-0.3, -0.25) is 4.79 Å². The third-order valence-electron chi connectivity index (χ3n) is 2.83. The first-order chi connectivity index (χ1) is 10.3. The molecule has 0 aliphatic heterocycles. The molecule has 0 radical (unpaired) electrons. The first-order valence-corrected chi connectivity index (χ1v) is 9.24. The molecule has 3 rings (SSSR count). The number of carbonyl (C=O) groups excluding carboxylic acids is 1. The lowest BCUT2D eigenvalue weighted by molar-refractivity contribution is 0.102. The van der Waals surface area contributed by atoms with E-state index in [1.54, 1.807) is 28.5 Å². The number of aromatic nitrogens is 1. The molecule has 0 saturated heterocycles. The summed E-state index contributed by atoms with van der Waals surface area (Å²) in [5, 5.41) is 9.59. The highest BCUT2D eigenvalue weighted by Gasteiger charge is 2.12. The number of carbonyl (C=O) groups is 1. The van der Waals surface area contributed by atoms with Gasteiger partial charge in [0.2, 0.25) is 0 Å². The highest BCUT2D eigenvalue weighted by atomic mass is 32.2. The van der Waals surface area contributed by atoms with Crippen molar-refractivity contribution in [3.63, 3.8) is 0 Å². The van der Waals surface area contributed by atoms with Gasteiger partial charge in [0.1, 0.15) is 10.7 Å². The number of thiazole rings is 1. The van der Waals surface area contributed by atoms with Crippen molar-refractivity contribution in [1.82, 2.24) is 4.98 Å². The van der Waals surface area contributed by atoms with Gasteiger partial charge in [0, 0.05) is 26.9 Å². The molecule has 0 unspecified atom stereocenters. The molecule has 0 fully saturated rings. The molecule has 0 aliphatic carbocycles. The van der Waals surface area contributed by atoms with Gasteiger partial charge >= 0.3 is 0 Å². The molecule has 0 saturated carbocycles. The molecular weight excluding hydrogens is 320 g/mol. The molecule has 0 bridgehead atoms. The zero-order chi connectivity index (χ0) is 14.7. The van der Waals surface area contributed by atoms with Crippen molar-refractivity contribution in [3.8, 4) is 10.6 Å². The molecule has 21 heavy (non-hydrogen) atoms. The largest absolute Gasteiger partial charge is 0.321 e. The van der Waals surface area contributed by atoms with E-state index in [4.69, 9.17) is 0 Å². The minimum Gasteiger partial charge on any atom is -0.321 e. The van der Waals surface area contributed by atoms with Crippen molar-refractivity contribution in [2.45, 2.75) is 4.90 Å². The van der Waals surface area contributed by atoms with Crippen LogP contribution in [0.2, 0.25) is 0 Å². The van der Waals surface area contributed by atoms with E-state index in [1.807, 2.05) is 47.3 Å². The molecule has 2 aromatic heterocycles. The maximum atomic E-state index is 12.2. The number of thioether (sulfide) groups is 1. The quantitative estimate of drug-likeness (QED) is 0.695. The second-order valence-electron chi connectivity index (χ2n) is 4.24. The number of benzene rings is 1. The summed E-state index contributed by atoms with van der Waals surface area (Å²) in [7, 11) is 0. The van der Waals surface area contributed by atoms with Crippen LogP contribution < -0.4 is 5.32 Å². The zero-order valence-electron chi connectivity index (χ0n) is 11.2. The number of nitrogens with one attached hydrogen (secondary N) is 1. The van der Waals surface area contributed by atoms with E-state index in [-0.39, 0.29) is 5.91 Å². The molecule has 1 aromatic carbocycles. The van der Waals surface area contributed by atoms with Crippen molar-refractivity contribution in [2.24, 2.45) is 0 Å². The van der Waals surface area contributed by atoms with Crippen molar-refractivity contribution in [2.75, 3.05) is 11.6 Å². The molecule has 106 valence electrons. The Kier molecular flexibility index (Phi) is 4.38. The Morgan fingerprint density at radius 2 is 2.19 bits per heavy atom.